The van der Waals surface area contributed by atoms with Crippen molar-refractivity contribution in [2.45, 2.75) is 32.5 Å². The van der Waals surface area contributed by atoms with Gasteiger partial charge in [0.15, 0.2) is 0 Å². The Morgan fingerprint density at radius 2 is 2.09 bits per heavy atom. The molecule has 0 bridgehead atoms. The van der Waals surface area contributed by atoms with Crippen LogP contribution in [0.15, 0.2) is 24.3 Å². The molecule has 0 spiro atoms. The summed E-state index contributed by atoms with van der Waals surface area (Å²) >= 11 is 0. The van der Waals surface area contributed by atoms with E-state index in [1.165, 1.54) is 7.11 Å². The predicted octanol–water partition coefficient (Wildman–Crippen LogP) is 1.20. The van der Waals surface area contributed by atoms with Gasteiger partial charge in [0.05, 0.1) is 31.4 Å². The number of hydrogen-bond donors (Lipinski definition) is 1. The molecule has 23 heavy (non-hydrogen) atoms. The van der Waals surface area contributed by atoms with Crippen LogP contribution in [0.3, 0.4) is 0 Å². The Hall–Kier alpha value is -1.92. The van der Waals surface area contributed by atoms with Crippen molar-refractivity contribution in [3.63, 3.8) is 0 Å². The van der Waals surface area contributed by atoms with Crippen LogP contribution in [0, 0.1) is 0 Å². The summed E-state index contributed by atoms with van der Waals surface area (Å²) in [6.07, 6.45) is 0.157. The van der Waals surface area contributed by atoms with Gasteiger partial charge in [-0.2, -0.15) is 0 Å². The molecule has 0 saturated carbocycles. The largest absolute Gasteiger partial charge is 0.465 e. The van der Waals surface area contributed by atoms with E-state index in [1.54, 1.807) is 12.1 Å². The number of carbonyl (C=O) groups is 2. The molecule has 0 unspecified atom stereocenters. The molecule has 2 atom stereocenters. The van der Waals surface area contributed by atoms with Crippen LogP contribution < -0.4 is 5.32 Å². The minimum atomic E-state index is -0.365. The maximum Gasteiger partial charge on any atom is 0.337 e. The topological polar surface area (TPSA) is 67.9 Å². The highest BCUT2D eigenvalue weighted by Gasteiger charge is 2.25. The lowest BCUT2D eigenvalue weighted by molar-refractivity contribution is -0.129. The summed E-state index contributed by atoms with van der Waals surface area (Å²) in [7, 11) is 1.35. The molecule has 1 aliphatic heterocycles. The van der Waals surface area contributed by atoms with Crippen molar-refractivity contribution in [1.82, 2.24) is 10.2 Å². The van der Waals surface area contributed by atoms with Crippen LogP contribution in [0.4, 0.5) is 0 Å². The van der Waals surface area contributed by atoms with Gasteiger partial charge in [-0.1, -0.05) is 12.1 Å². The molecular formula is C17H24N2O4. The van der Waals surface area contributed by atoms with E-state index in [9.17, 15) is 9.59 Å². The number of esters is 1. The molecule has 1 fully saturated rings. The lowest BCUT2D eigenvalue weighted by Gasteiger charge is -2.34. The second-order valence-corrected chi connectivity index (χ2v) is 5.76. The number of nitrogens with zero attached hydrogens (tertiary/aromatic N) is 1. The summed E-state index contributed by atoms with van der Waals surface area (Å²) in [6.45, 7) is 6.56. The Morgan fingerprint density at radius 3 is 2.70 bits per heavy atom. The minimum absolute atomic E-state index is 0.00357. The molecular weight excluding hydrogens is 296 g/mol. The fourth-order valence-electron chi connectivity index (χ4n) is 2.58. The molecule has 2 rings (SSSR count). The number of nitrogens with one attached hydrogen (secondary N) is 1. The molecule has 0 aromatic heterocycles. The second kappa shape index (κ2) is 8.08. The van der Waals surface area contributed by atoms with Crippen LogP contribution in [-0.4, -0.2) is 55.7 Å². The van der Waals surface area contributed by atoms with Gasteiger partial charge in [-0.15, -0.1) is 0 Å². The predicted molar refractivity (Wildman–Crippen MR) is 86.1 cm³/mol. The highest BCUT2D eigenvalue weighted by molar-refractivity contribution is 5.89. The van der Waals surface area contributed by atoms with Crippen LogP contribution >= 0.6 is 0 Å². The first kappa shape index (κ1) is 17.4. The molecule has 1 heterocycles. The number of methoxy groups -OCH3 is 1. The SMILES string of the molecule is COC(=O)c1ccc(CNC(=O)[C@@H](C)N2CCO[C@H](C)C2)cc1. The van der Waals surface area contributed by atoms with Gasteiger partial charge >= 0.3 is 5.97 Å². The van der Waals surface area contributed by atoms with Gasteiger partial charge in [-0.25, -0.2) is 4.79 Å². The van der Waals surface area contributed by atoms with E-state index in [0.29, 0.717) is 18.7 Å². The standard InChI is InChI=1S/C17H24N2O4/c1-12-11-19(8-9-23-12)13(2)16(20)18-10-14-4-6-15(7-5-14)17(21)22-3/h4-7,12-13H,8-11H2,1-3H3,(H,18,20)/t12-,13-/m1/s1. The van der Waals surface area contributed by atoms with Crippen molar-refractivity contribution >= 4 is 11.9 Å². The molecule has 1 saturated heterocycles. The van der Waals surface area contributed by atoms with Gasteiger partial charge in [0, 0.05) is 19.6 Å². The van der Waals surface area contributed by atoms with Crippen molar-refractivity contribution in [2.24, 2.45) is 0 Å². The quantitative estimate of drug-likeness (QED) is 0.826. The maximum atomic E-state index is 12.3. The van der Waals surface area contributed by atoms with Crippen molar-refractivity contribution in [3.05, 3.63) is 35.4 Å². The number of morpholine rings is 1. The second-order valence-electron chi connectivity index (χ2n) is 5.76. The van der Waals surface area contributed by atoms with E-state index in [2.05, 4.69) is 15.0 Å². The number of benzene rings is 1. The fraction of sp³-hybridized carbons (Fsp3) is 0.529. The van der Waals surface area contributed by atoms with E-state index in [4.69, 9.17) is 4.74 Å². The van der Waals surface area contributed by atoms with Crippen LogP contribution in [-0.2, 0) is 20.8 Å². The van der Waals surface area contributed by atoms with E-state index in [-0.39, 0.29) is 24.0 Å². The third-order valence-electron chi connectivity index (χ3n) is 4.04. The van der Waals surface area contributed by atoms with Crippen LogP contribution in [0.1, 0.15) is 29.8 Å². The highest BCUT2D eigenvalue weighted by Crippen LogP contribution is 2.09. The number of rotatable bonds is 5. The summed E-state index contributed by atoms with van der Waals surface area (Å²) < 4.78 is 10.2. The van der Waals surface area contributed by atoms with Crippen molar-refractivity contribution in [2.75, 3.05) is 26.8 Å². The van der Waals surface area contributed by atoms with E-state index < -0.39 is 0 Å². The van der Waals surface area contributed by atoms with E-state index in [0.717, 1.165) is 18.7 Å². The molecule has 1 aliphatic rings. The zero-order valence-electron chi connectivity index (χ0n) is 13.9. The van der Waals surface area contributed by atoms with Crippen molar-refractivity contribution < 1.29 is 19.1 Å². The van der Waals surface area contributed by atoms with Gasteiger partial charge in [-0.05, 0) is 31.5 Å². The summed E-state index contributed by atoms with van der Waals surface area (Å²) in [5.41, 5.74) is 1.44. The van der Waals surface area contributed by atoms with E-state index >= 15 is 0 Å². The number of carbonyl (C=O) groups excluding carboxylic acids is 2. The smallest absolute Gasteiger partial charge is 0.337 e. The molecule has 1 amide bonds. The Bertz CT molecular complexity index is 544. The van der Waals surface area contributed by atoms with Crippen LogP contribution in [0.2, 0.25) is 0 Å². The summed E-state index contributed by atoms with van der Waals surface area (Å²) in [5.74, 6) is -0.369. The first-order chi connectivity index (χ1) is 11.0. The van der Waals surface area contributed by atoms with E-state index in [1.807, 2.05) is 26.0 Å². The van der Waals surface area contributed by atoms with Crippen LogP contribution in [0.5, 0.6) is 0 Å². The monoisotopic (exact) mass is 320 g/mol. The van der Waals surface area contributed by atoms with Gasteiger partial charge < -0.3 is 14.8 Å². The molecule has 6 heteroatoms. The normalized spacial score (nSPS) is 19.9. The molecule has 1 aromatic rings. The molecule has 0 aliphatic carbocycles. The van der Waals surface area contributed by atoms with Crippen molar-refractivity contribution in [3.8, 4) is 0 Å². The van der Waals surface area contributed by atoms with Gasteiger partial charge in [0.25, 0.3) is 0 Å². The van der Waals surface area contributed by atoms with Gasteiger partial charge in [0.1, 0.15) is 0 Å². The van der Waals surface area contributed by atoms with Gasteiger partial charge in [0.2, 0.25) is 5.91 Å². The fourth-order valence-corrected chi connectivity index (χ4v) is 2.58. The third kappa shape index (κ3) is 4.77. The summed E-state index contributed by atoms with van der Waals surface area (Å²) in [4.78, 5) is 25.8. The Kier molecular flexibility index (Phi) is 6.12. The highest BCUT2D eigenvalue weighted by atomic mass is 16.5. The first-order valence-electron chi connectivity index (χ1n) is 7.82. The van der Waals surface area contributed by atoms with Crippen LogP contribution in [0.25, 0.3) is 0 Å². The average molecular weight is 320 g/mol. The average Bonchev–Trinajstić information content (AvgIpc) is 2.58. The number of ether oxygens (including phenoxy) is 2. The van der Waals surface area contributed by atoms with Gasteiger partial charge in [-0.3, -0.25) is 9.69 Å². The zero-order valence-corrected chi connectivity index (χ0v) is 13.9. The lowest BCUT2D eigenvalue weighted by Crippen LogP contribution is -2.51. The number of hydrogen-bond acceptors (Lipinski definition) is 5. The molecule has 6 nitrogen and oxygen atoms in total. The molecule has 0 radical (unpaired) electrons. The third-order valence-corrected chi connectivity index (χ3v) is 4.04. The summed E-state index contributed by atoms with van der Waals surface area (Å²) in [6, 6.07) is 6.83. The zero-order chi connectivity index (χ0) is 16.8. The minimum Gasteiger partial charge on any atom is -0.465 e. The molecule has 126 valence electrons. The number of amides is 1. The first-order valence-corrected chi connectivity index (χ1v) is 7.82. The summed E-state index contributed by atoms with van der Waals surface area (Å²) in [5, 5.41) is 2.94. The molecule has 1 aromatic carbocycles. The Labute approximate surface area is 136 Å². The van der Waals surface area contributed by atoms with Crippen molar-refractivity contribution in [1.29, 1.82) is 0 Å². The Balaban J connectivity index is 1.84. The lowest BCUT2D eigenvalue weighted by atomic mass is 10.1. The Morgan fingerprint density at radius 1 is 1.39 bits per heavy atom. The maximum absolute atomic E-state index is 12.3. The molecule has 1 N–H and O–H groups in total.